The molecule has 98 valence electrons. The van der Waals surface area contributed by atoms with Gasteiger partial charge in [-0.05, 0) is 31.2 Å². The van der Waals surface area contributed by atoms with Crippen LogP contribution in [0, 0.1) is 17.2 Å². The third kappa shape index (κ3) is 1.98. The number of aryl methyl sites for hydroxylation is 1. The van der Waals surface area contributed by atoms with E-state index in [9.17, 15) is 10.1 Å². The average molecular weight is 272 g/mol. The Morgan fingerprint density at radius 3 is 2.89 bits per heavy atom. The molecule has 3 rings (SSSR count). The van der Waals surface area contributed by atoms with Gasteiger partial charge in [0.05, 0.1) is 5.56 Å². The molecule has 1 aromatic heterocycles. The molecular weight excluding hydrogens is 256 g/mol. The molecule has 0 saturated carbocycles. The van der Waals surface area contributed by atoms with Crippen LogP contribution in [0.5, 0.6) is 0 Å². The second-order valence-electron chi connectivity index (χ2n) is 5.21. The number of nitrogens with zero attached hydrogens (tertiary/aromatic N) is 2. The first-order valence-corrected chi connectivity index (χ1v) is 7.53. The summed E-state index contributed by atoms with van der Waals surface area (Å²) in [7, 11) is 0. The average Bonchev–Trinajstić information content (AvgIpc) is 2.98. The SMILES string of the molecule is C=CC1CC(=O)N(c2sc3c(c2C#N)CCCC3)C1. The van der Waals surface area contributed by atoms with Gasteiger partial charge in [-0.25, -0.2) is 0 Å². The molecule has 0 spiro atoms. The fraction of sp³-hybridized carbons (Fsp3) is 0.467. The van der Waals surface area contributed by atoms with Crippen molar-refractivity contribution in [3.8, 4) is 6.07 Å². The number of rotatable bonds is 2. The molecule has 1 amide bonds. The van der Waals surface area contributed by atoms with Crippen molar-refractivity contribution in [1.82, 2.24) is 0 Å². The standard InChI is InChI=1S/C15H16N2OS/c1-2-10-7-14(18)17(9-10)15-12(8-16)11-5-3-4-6-13(11)19-15/h2,10H,1,3-7,9H2. The van der Waals surface area contributed by atoms with Crippen molar-refractivity contribution in [2.75, 3.05) is 11.4 Å². The number of hydrogen-bond acceptors (Lipinski definition) is 3. The van der Waals surface area contributed by atoms with Gasteiger partial charge in [0.25, 0.3) is 0 Å². The van der Waals surface area contributed by atoms with Crippen LogP contribution < -0.4 is 4.90 Å². The lowest BCUT2D eigenvalue weighted by molar-refractivity contribution is -0.117. The highest BCUT2D eigenvalue weighted by molar-refractivity contribution is 7.16. The number of fused-ring (bicyclic) bond motifs is 1. The number of carbonyl (C=O) groups is 1. The monoisotopic (exact) mass is 272 g/mol. The third-order valence-corrected chi connectivity index (χ3v) is 5.31. The topological polar surface area (TPSA) is 44.1 Å². The summed E-state index contributed by atoms with van der Waals surface area (Å²) in [6.45, 7) is 4.45. The molecule has 3 nitrogen and oxygen atoms in total. The van der Waals surface area contributed by atoms with Crippen molar-refractivity contribution in [1.29, 1.82) is 5.26 Å². The largest absolute Gasteiger partial charge is 0.302 e. The second kappa shape index (κ2) is 4.82. The van der Waals surface area contributed by atoms with Gasteiger partial charge in [-0.1, -0.05) is 6.08 Å². The van der Waals surface area contributed by atoms with Gasteiger partial charge in [0, 0.05) is 23.8 Å². The van der Waals surface area contributed by atoms with E-state index in [2.05, 4.69) is 12.6 Å². The molecule has 2 heterocycles. The van der Waals surface area contributed by atoms with Crippen molar-refractivity contribution < 1.29 is 4.79 Å². The Morgan fingerprint density at radius 2 is 2.21 bits per heavy atom. The molecule has 0 radical (unpaired) electrons. The predicted octanol–water partition coefficient (Wildman–Crippen LogP) is 3.04. The number of anilines is 1. The summed E-state index contributed by atoms with van der Waals surface area (Å²) in [6, 6.07) is 2.32. The van der Waals surface area contributed by atoms with Crippen LogP contribution in [0.2, 0.25) is 0 Å². The number of thiophene rings is 1. The zero-order chi connectivity index (χ0) is 13.4. The van der Waals surface area contributed by atoms with Crippen LogP contribution in [0.4, 0.5) is 5.00 Å². The van der Waals surface area contributed by atoms with Crippen molar-refractivity contribution in [2.45, 2.75) is 32.1 Å². The fourth-order valence-corrected chi connectivity index (χ4v) is 4.31. The minimum Gasteiger partial charge on any atom is -0.302 e. The summed E-state index contributed by atoms with van der Waals surface area (Å²) in [5.74, 6) is 0.346. The molecule has 19 heavy (non-hydrogen) atoms. The Bertz CT molecular complexity index is 582. The minimum absolute atomic E-state index is 0.125. The molecule has 2 aliphatic rings. The Kier molecular flexibility index (Phi) is 3.16. The van der Waals surface area contributed by atoms with Crippen LogP contribution in [0.25, 0.3) is 0 Å². The Balaban J connectivity index is 2.01. The molecule has 1 fully saturated rings. The van der Waals surface area contributed by atoms with Crippen molar-refractivity contribution in [3.05, 3.63) is 28.7 Å². The van der Waals surface area contributed by atoms with Crippen molar-refractivity contribution in [3.63, 3.8) is 0 Å². The van der Waals surface area contributed by atoms with Crippen LogP contribution >= 0.6 is 11.3 Å². The van der Waals surface area contributed by atoms with Crippen LogP contribution in [0.3, 0.4) is 0 Å². The first-order valence-electron chi connectivity index (χ1n) is 6.72. The highest BCUT2D eigenvalue weighted by Crippen LogP contribution is 2.41. The Hall–Kier alpha value is -1.60. The van der Waals surface area contributed by atoms with E-state index in [1.54, 1.807) is 16.2 Å². The molecule has 1 saturated heterocycles. The molecule has 1 unspecified atom stereocenters. The van der Waals surface area contributed by atoms with Crippen molar-refractivity contribution >= 4 is 22.2 Å². The van der Waals surface area contributed by atoms with Crippen molar-refractivity contribution in [2.24, 2.45) is 5.92 Å². The van der Waals surface area contributed by atoms with Gasteiger partial charge in [0.2, 0.25) is 5.91 Å². The lowest BCUT2D eigenvalue weighted by Crippen LogP contribution is -2.24. The molecule has 0 bridgehead atoms. The van der Waals surface area contributed by atoms with Crippen LogP contribution in [-0.2, 0) is 17.6 Å². The van der Waals surface area contributed by atoms with Gasteiger partial charge in [-0.3, -0.25) is 4.79 Å². The number of nitriles is 1. The van der Waals surface area contributed by atoms with Gasteiger partial charge >= 0.3 is 0 Å². The number of carbonyl (C=O) groups excluding carboxylic acids is 1. The maximum Gasteiger partial charge on any atom is 0.228 e. The fourth-order valence-electron chi connectivity index (χ4n) is 2.95. The highest BCUT2D eigenvalue weighted by atomic mass is 32.1. The molecule has 1 aromatic rings. The lowest BCUT2D eigenvalue weighted by Gasteiger charge is -2.14. The lowest BCUT2D eigenvalue weighted by atomic mass is 9.96. The summed E-state index contributed by atoms with van der Waals surface area (Å²) in [6.07, 6.45) is 6.76. The van der Waals surface area contributed by atoms with E-state index >= 15 is 0 Å². The van der Waals surface area contributed by atoms with Crippen LogP contribution in [0.1, 0.15) is 35.3 Å². The Labute approximate surface area is 117 Å². The normalized spacial score (nSPS) is 22.2. The van der Waals surface area contributed by atoms with Gasteiger partial charge in [0.1, 0.15) is 11.1 Å². The van der Waals surface area contributed by atoms with Gasteiger partial charge in [-0.2, -0.15) is 5.26 Å². The number of hydrogen-bond donors (Lipinski definition) is 0. The molecular formula is C15H16N2OS. The Morgan fingerprint density at radius 1 is 1.42 bits per heavy atom. The third-order valence-electron chi connectivity index (χ3n) is 4.00. The molecule has 0 N–H and O–H groups in total. The summed E-state index contributed by atoms with van der Waals surface area (Å²) in [5.41, 5.74) is 1.95. The molecule has 1 aliphatic carbocycles. The first kappa shape index (κ1) is 12.4. The smallest absolute Gasteiger partial charge is 0.228 e. The predicted molar refractivity (Wildman–Crippen MR) is 76.3 cm³/mol. The maximum atomic E-state index is 12.1. The van der Waals surface area contributed by atoms with E-state index in [0.717, 1.165) is 29.8 Å². The van der Waals surface area contributed by atoms with Crippen LogP contribution in [-0.4, -0.2) is 12.5 Å². The van der Waals surface area contributed by atoms with E-state index in [1.807, 2.05) is 6.08 Å². The number of amides is 1. The minimum atomic E-state index is 0.125. The molecule has 1 atom stereocenters. The van der Waals surface area contributed by atoms with E-state index in [0.29, 0.717) is 13.0 Å². The first-order chi connectivity index (χ1) is 9.24. The van der Waals surface area contributed by atoms with Gasteiger partial charge in [-0.15, -0.1) is 17.9 Å². The second-order valence-corrected chi connectivity index (χ2v) is 6.29. The van der Waals surface area contributed by atoms with E-state index in [-0.39, 0.29) is 11.8 Å². The zero-order valence-electron chi connectivity index (χ0n) is 10.8. The molecule has 1 aliphatic heterocycles. The van der Waals surface area contributed by atoms with E-state index < -0.39 is 0 Å². The summed E-state index contributed by atoms with van der Waals surface area (Å²) >= 11 is 1.65. The summed E-state index contributed by atoms with van der Waals surface area (Å²) in [5, 5.41) is 10.3. The maximum absolute atomic E-state index is 12.1. The molecule has 0 aromatic carbocycles. The summed E-state index contributed by atoms with van der Waals surface area (Å²) in [4.78, 5) is 15.2. The van der Waals surface area contributed by atoms with Crippen LogP contribution in [0.15, 0.2) is 12.7 Å². The van der Waals surface area contributed by atoms with E-state index in [1.165, 1.54) is 16.9 Å². The molecule has 4 heteroatoms. The van der Waals surface area contributed by atoms with Gasteiger partial charge in [0.15, 0.2) is 0 Å². The van der Waals surface area contributed by atoms with Gasteiger partial charge < -0.3 is 4.90 Å². The zero-order valence-corrected chi connectivity index (χ0v) is 11.6. The summed E-state index contributed by atoms with van der Waals surface area (Å²) < 4.78 is 0. The van der Waals surface area contributed by atoms with E-state index in [4.69, 9.17) is 0 Å². The quantitative estimate of drug-likeness (QED) is 0.777. The highest BCUT2D eigenvalue weighted by Gasteiger charge is 2.33.